The van der Waals surface area contributed by atoms with Crippen LogP contribution in [0.1, 0.15) is 26.7 Å². The molecule has 0 saturated heterocycles. The lowest BCUT2D eigenvalue weighted by atomic mass is 10.00. The number of carboxylic acids is 1. The number of ether oxygens (including phenoxy) is 2. The summed E-state index contributed by atoms with van der Waals surface area (Å²) in [5.74, 6) is -0.668. The van der Waals surface area contributed by atoms with Gasteiger partial charge in [0, 0.05) is 41.8 Å². The second kappa shape index (κ2) is 11.9. The number of aromatic nitrogens is 4. The summed E-state index contributed by atoms with van der Waals surface area (Å²) in [6.07, 6.45) is 4.50. The van der Waals surface area contributed by atoms with E-state index >= 15 is 0 Å². The van der Waals surface area contributed by atoms with Gasteiger partial charge in [0.1, 0.15) is 17.0 Å². The Bertz CT molecular complexity index is 1430. The zero-order valence-electron chi connectivity index (χ0n) is 20.4. The van der Waals surface area contributed by atoms with Crippen molar-refractivity contribution >= 4 is 46.1 Å². The third kappa shape index (κ3) is 6.08. The Hall–Kier alpha value is -3.93. The molecule has 4 aromatic rings. The van der Waals surface area contributed by atoms with Gasteiger partial charge in [-0.25, -0.2) is 9.78 Å². The third-order valence-electron chi connectivity index (χ3n) is 5.05. The molecular weight excluding hydrogens is 523 g/mol. The summed E-state index contributed by atoms with van der Waals surface area (Å²) in [5.41, 5.74) is 7.49. The molecule has 0 spiro atoms. The standard InChI is InChI=1S/C17H12Cl2N2O4.C7H12N4O/c1-24-10-7-11(25-2)14(19)12(13(10)18)8-3-4-9(17(22)23)16-15(8)20-5-6-21-16;1-11(2)4-5-3-9-7(10-5)6(8)12/h3-7H,1-2H3,(H,22,23);3H,4H2,1-2H3,(H2,8,12)(H,9,10). The van der Waals surface area contributed by atoms with Crippen LogP contribution in [0.5, 0.6) is 11.5 Å². The number of fused-ring (bicyclic) bond motifs is 1. The first-order valence-corrected chi connectivity index (χ1v) is 11.4. The van der Waals surface area contributed by atoms with Crippen molar-refractivity contribution in [2.24, 2.45) is 5.73 Å². The van der Waals surface area contributed by atoms with E-state index in [2.05, 4.69) is 19.9 Å². The smallest absolute Gasteiger partial charge is 0.337 e. The lowest BCUT2D eigenvalue weighted by Gasteiger charge is -2.16. The number of H-pyrrole nitrogens is 1. The van der Waals surface area contributed by atoms with Crippen LogP contribution in [0.3, 0.4) is 0 Å². The van der Waals surface area contributed by atoms with Crippen molar-refractivity contribution in [3.05, 3.63) is 63.9 Å². The molecule has 0 radical (unpaired) electrons. The minimum Gasteiger partial charge on any atom is -0.495 e. The zero-order chi connectivity index (χ0) is 27.3. The minimum atomic E-state index is -1.10. The Morgan fingerprint density at radius 1 is 1.03 bits per heavy atom. The zero-order valence-corrected chi connectivity index (χ0v) is 21.9. The van der Waals surface area contributed by atoms with Gasteiger partial charge in [-0.1, -0.05) is 29.3 Å². The van der Waals surface area contributed by atoms with Crippen LogP contribution in [0.4, 0.5) is 0 Å². The first kappa shape index (κ1) is 27.7. The Kier molecular flexibility index (Phi) is 8.87. The van der Waals surface area contributed by atoms with E-state index in [0.29, 0.717) is 28.1 Å². The van der Waals surface area contributed by atoms with Crippen LogP contribution < -0.4 is 15.2 Å². The van der Waals surface area contributed by atoms with Gasteiger partial charge >= 0.3 is 5.97 Å². The van der Waals surface area contributed by atoms with E-state index in [1.54, 1.807) is 18.3 Å². The van der Waals surface area contributed by atoms with Gasteiger partial charge in [-0.3, -0.25) is 14.8 Å². The van der Waals surface area contributed by atoms with Crippen LogP contribution in [-0.2, 0) is 6.54 Å². The molecule has 0 bridgehead atoms. The highest BCUT2D eigenvalue weighted by Gasteiger charge is 2.22. The van der Waals surface area contributed by atoms with E-state index in [1.807, 2.05) is 19.0 Å². The van der Waals surface area contributed by atoms with Gasteiger partial charge in [0.25, 0.3) is 5.91 Å². The van der Waals surface area contributed by atoms with Crippen LogP contribution in [-0.4, -0.2) is 70.1 Å². The summed E-state index contributed by atoms with van der Waals surface area (Å²) in [5, 5.41) is 9.89. The molecule has 11 nitrogen and oxygen atoms in total. The number of halogens is 2. The number of carbonyl (C=O) groups excluding carboxylic acids is 1. The number of benzene rings is 2. The van der Waals surface area contributed by atoms with Crippen molar-refractivity contribution in [3.8, 4) is 22.6 Å². The number of carbonyl (C=O) groups is 2. The second-order valence-corrected chi connectivity index (χ2v) is 8.62. The number of nitrogens with one attached hydrogen (secondary N) is 1. The van der Waals surface area contributed by atoms with E-state index in [1.165, 1.54) is 32.7 Å². The number of imidazole rings is 1. The number of primary amides is 1. The average molecular weight is 547 g/mol. The Labute approximate surface area is 222 Å². The number of nitrogens with zero attached hydrogens (tertiary/aromatic N) is 4. The van der Waals surface area contributed by atoms with Gasteiger partial charge in [0.05, 0.1) is 41.5 Å². The molecule has 0 aliphatic rings. The van der Waals surface area contributed by atoms with Gasteiger partial charge in [-0.15, -0.1) is 0 Å². The van der Waals surface area contributed by atoms with Crippen molar-refractivity contribution in [3.63, 3.8) is 0 Å². The maximum absolute atomic E-state index is 11.4. The quantitative estimate of drug-likeness (QED) is 0.312. The molecule has 0 atom stereocenters. The second-order valence-electron chi connectivity index (χ2n) is 7.86. The van der Waals surface area contributed by atoms with Crippen molar-refractivity contribution in [2.75, 3.05) is 28.3 Å². The molecule has 0 fully saturated rings. The van der Waals surface area contributed by atoms with Crippen molar-refractivity contribution in [1.82, 2.24) is 24.8 Å². The summed E-state index contributed by atoms with van der Waals surface area (Å²) in [6, 6.07) is 4.60. The van der Waals surface area contributed by atoms with E-state index in [0.717, 1.165) is 12.2 Å². The summed E-state index contributed by atoms with van der Waals surface area (Å²) in [4.78, 5) is 39.1. The van der Waals surface area contributed by atoms with Crippen molar-refractivity contribution < 1.29 is 24.2 Å². The molecule has 0 aliphatic carbocycles. The molecule has 0 aliphatic heterocycles. The highest BCUT2D eigenvalue weighted by atomic mass is 35.5. The molecule has 2 heterocycles. The van der Waals surface area contributed by atoms with Gasteiger partial charge in [0.15, 0.2) is 5.82 Å². The van der Waals surface area contributed by atoms with Crippen LogP contribution in [0.15, 0.2) is 36.8 Å². The number of amides is 1. The molecule has 2 aromatic carbocycles. The van der Waals surface area contributed by atoms with Gasteiger partial charge in [-0.2, -0.15) is 0 Å². The molecule has 194 valence electrons. The molecule has 4 rings (SSSR count). The number of hydrogen-bond donors (Lipinski definition) is 3. The van der Waals surface area contributed by atoms with Gasteiger partial charge in [0.2, 0.25) is 0 Å². The van der Waals surface area contributed by atoms with Crippen LogP contribution in [0, 0.1) is 0 Å². The number of carboxylic acid groups (broad SMARTS) is 1. The fraction of sp³-hybridized carbons (Fsp3) is 0.208. The van der Waals surface area contributed by atoms with E-state index < -0.39 is 11.9 Å². The van der Waals surface area contributed by atoms with Crippen LogP contribution in [0.2, 0.25) is 10.0 Å². The summed E-state index contributed by atoms with van der Waals surface area (Å²) in [7, 11) is 6.82. The number of hydrogen-bond acceptors (Lipinski definition) is 8. The van der Waals surface area contributed by atoms with E-state index in [4.69, 9.17) is 38.4 Å². The van der Waals surface area contributed by atoms with E-state index in [-0.39, 0.29) is 26.9 Å². The number of methoxy groups -OCH3 is 2. The highest BCUT2D eigenvalue weighted by Crippen LogP contribution is 2.47. The topological polar surface area (TPSA) is 157 Å². The molecule has 0 saturated carbocycles. The molecular formula is C24H24Cl2N6O5. The first-order chi connectivity index (χ1) is 17.6. The fourth-order valence-electron chi connectivity index (χ4n) is 3.46. The lowest BCUT2D eigenvalue weighted by Crippen LogP contribution is -2.14. The largest absolute Gasteiger partial charge is 0.495 e. The molecule has 4 N–H and O–H groups in total. The van der Waals surface area contributed by atoms with Crippen LogP contribution in [0.25, 0.3) is 22.2 Å². The Morgan fingerprint density at radius 2 is 1.62 bits per heavy atom. The maximum Gasteiger partial charge on any atom is 0.337 e. The molecule has 0 unspecified atom stereocenters. The first-order valence-electron chi connectivity index (χ1n) is 10.6. The predicted molar refractivity (Wildman–Crippen MR) is 140 cm³/mol. The van der Waals surface area contributed by atoms with Crippen molar-refractivity contribution in [2.45, 2.75) is 6.54 Å². The molecule has 37 heavy (non-hydrogen) atoms. The number of nitrogens with two attached hydrogens (primary N) is 1. The van der Waals surface area contributed by atoms with E-state index in [9.17, 15) is 14.7 Å². The predicted octanol–water partition coefficient (Wildman–Crippen LogP) is 3.89. The Balaban J connectivity index is 0.000000266. The maximum atomic E-state index is 11.4. The normalized spacial score (nSPS) is 10.7. The molecule has 2 aromatic heterocycles. The average Bonchev–Trinajstić information content (AvgIpc) is 3.33. The monoisotopic (exact) mass is 546 g/mol. The number of aromatic carboxylic acids is 1. The van der Waals surface area contributed by atoms with Gasteiger partial charge in [-0.05, 0) is 20.2 Å². The summed E-state index contributed by atoms with van der Waals surface area (Å²) in [6.45, 7) is 0.722. The summed E-state index contributed by atoms with van der Waals surface area (Å²) >= 11 is 12.9. The van der Waals surface area contributed by atoms with Crippen molar-refractivity contribution in [1.29, 1.82) is 0 Å². The lowest BCUT2D eigenvalue weighted by molar-refractivity contribution is 0.0698. The van der Waals surface area contributed by atoms with Crippen LogP contribution >= 0.6 is 23.2 Å². The molecule has 13 heteroatoms. The number of rotatable bonds is 7. The fourth-order valence-corrected chi connectivity index (χ4v) is 4.16. The third-order valence-corrected chi connectivity index (χ3v) is 5.80. The SMILES string of the molecule is CN(C)Cc1cnc(C(N)=O)[nH]1.COc1cc(OC)c(Cl)c(-c2ccc(C(=O)O)c3nccnc23)c1Cl. The number of aromatic amines is 1. The summed E-state index contributed by atoms with van der Waals surface area (Å²) < 4.78 is 10.6. The highest BCUT2D eigenvalue weighted by molar-refractivity contribution is 6.41. The molecule has 1 amide bonds. The minimum absolute atomic E-state index is 0.0361. The Morgan fingerprint density at radius 3 is 2.11 bits per heavy atom. The van der Waals surface area contributed by atoms with Gasteiger partial charge < -0.3 is 30.2 Å².